The summed E-state index contributed by atoms with van der Waals surface area (Å²) in [7, 11) is 0. The first-order valence-electron chi connectivity index (χ1n) is 6.75. The summed E-state index contributed by atoms with van der Waals surface area (Å²) in [4.78, 5) is 13.8. The molecule has 3 nitrogen and oxygen atoms in total. The van der Waals surface area contributed by atoms with Crippen LogP contribution in [0, 0.1) is 5.92 Å². The fourth-order valence-electron chi connectivity index (χ4n) is 2.50. The number of aliphatic hydroxyl groups is 1. The summed E-state index contributed by atoms with van der Waals surface area (Å²) in [6.45, 7) is 6.36. The van der Waals surface area contributed by atoms with E-state index in [2.05, 4.69) is 0 Å². The maximum absolute atomic E-state index is 12.1. The lowest BCUT2D eigenvalue weighted by Crippen LogP contribution is -2.60. The Morgan fingerprint density at radius 2 is 1.95 bits per heavy atom. The van der Waals surface area contributed by atoms with Crippen LogP contribution in [0.15, 0.2) is 42.0 Å². The van der Waals surface area contributed by atoms with Gasteiger partial charge in [0, 0.05) is 12.1 Å². The lowest BCUT2D eigenvalue weighted by atomic mass is 9.84. The minimum absolute atomic E-state index is 0.0380. The van der Waals surface area contributed by atoms with E-state index in [0.29, 0.717) is 6.54 Å². The summed E-state index contributed by atoms with van der Waals surface area (Å²) < 4.78 is 0. The largest absolute Gasteiger partial charge is 0.390 e. The van der Waals surface area contributed by atoms with E-state index >= 15 is 0 Å². The van der Waals surface area contributed by atoms with E-state index in [1.807, 2.05) is 57.2 Å². The number of hydrogen-bond acceptors (Lipinski definition) is 2. The minimum atomic E-state index is -0.507. The Bertz CT molecular complexity index is 479. The molecular formula is C16H21NO2. The number of amides is 1. The number of rotatable bonds is 4. The van der Waals surface area contributed by atoms with Crippen LogP contribution in [-0.4, -0.2) is 28.1 Å². The van der Waals surface area contributed by atoms with Gasteiger partial charge in [0.25, 0.3) is 5.91 Å². The van der Waals surface area contributed by atoms with Crippen LogP contribution in [0.1, 0.15) is 26.3 Å². The monoisotopic (exact) mass is 259 g/mol. The highest BCUT2D eigenvalue weighted by atomic mass is 16.3. The smallest absolute Gasteiger partial charge is 0.252 e. The van der Waals surface area contributed by atoms with E-state index in [1.54, 1.807) is 4.90 Å². The quantitative estimate of drug-likeness (QED) is 0.666. The van der Waals surface area contributed by atoms with Gasteiger partial charge in [-0.1, -0.05) is 50.3 Å². The number of carbonyl (C=O) groups is 1. The fraction of sp³-hybridized carbons (Fsp3) is 0.438. The molecule has 1 aliphatic heterocycles. The lowest BCUT2D eigenvalue weighted by Gasteiger charge is -2.46. The van der Waals surface area contributed by atoms with Crippen molar-refractivity contribution in [1.29, 1.82) is 0 Å². The van der Waals surface area contributed by atoms with Crippen LogP contribution in [0.3, 0.4) is 0 Å². The average Bonchev–Trinajstić information content (AvgIpc) is 2.42. The molecule has 1 amide bonds. The normalized spacial score (nSPS) is 22.8. The van der Waals surface area contributed by atoms with Crippen molar-refractivity contribution in [1.82, 2.24) is 4.90 Å². The van der Waals surface area contributed by atoms with Crippen LogP contribution in [0.25, 0.3) is 0 Å². The molecule has 2 unspecified atom stereocenters. The molecule has 3 heteroatoms. The summed E-state index contributed by atoms with van der Waals surface area (Å²) in [6.07, 6.45) is 1.31. The lowest BCUT2D eigenvalue weighted by molar-refractivity contribution is -0.143. The van der Waals surface area contributed by atoms with Gasteiger partial charge in [0.15, 0.2) is 0 Å². The molecule has 0 radical (unpaired) electrons. The zero-order valence-electron chi connectivity index (χ0n) is 11.7. The van der Waals surface area contributed by atoms with Crippen LogP contribution in [-0.2, 0) is 11.3 Å². The molecule has 2 rings (SSSR count). The van der Waals surface area contributed by atoms with Gasteiger partial charge in [0.05, 0.1) is 12.1 Å². The number of nitrogens with zero attached hydrogens (tertiary/aromatic N) is 1. The number of hydrogen-bond donors (Lipinski definition) is 1. The van der Waals surface area contributed by atoms with Crippen molar-refractivity contribution in [2.45, 2.75) is 39.5 Å². The average molecular weight is 259 g/mol. The Morgan fingerprint density at radius 1 is 1.32 bits per heavy atom. The predicted octanol–water partition coefficient (Wildman–Crippen LogP) is 2.36. The van der Waals surface area contributed by atoms with Crippen LogP contribution < -0.4 is 0 Å². The Morgan fingerprint density at radius 3 is 2.47 bits per heavy atom. The van der Waals surface area contributed by atoms with E-state index < -0.39 is 6.10 Å². The van der Waals surface area contributed by atoms with E-state index in [4.69, 9.17) is 0 Å². The minimum Gasteiger partial charge on any atom is -0.390 e. The first kappa shape index (κ1) is 13.8. The molecule has 1 aliphatic rings. The second-order valence-electron chi connectivity index (χ2n) is 5.34. The predicted molar refractivity (Wildman–Crippen MR) is 75.4 cm³/mol. The van der Waals surface area contributed by atoms with Crippen molar-refractivity contribution in [2.24, 2.45) is 5.92 Å². The number of allylic oxidation sites excluding steroid dienone is 1. The number of likely N-dealkylation sites (tertiary alicyclic amines) is 1. The zero-order valence-corrected chi connectivity index (χ0v) is 11.7. The molecule has 1 fully saturated rings. The van der Waals surface area contributed by atoms with Crippen LogP contribution in [0.4, 0.5) is 0 Å². The highest BCUT2D eigenvalue weighted by Crippen LogP contribution is 2.32. The number of aliphatic hydroxyl groups excluding tert-OH is 1. The molecule has 0 aliphatic carbocycles. The zero-order chi connectivity index (χ0) is 14.0. The third-order valence-corrected chi connectivity index (χ3v) is 3.68. The molecule has 0 aromatic heterocycles. The van der Waals surface area contributed by atoms with Crippen molar-refractivity contribution < 1.29 is 9.90 Å². The molecule has 102 valence electrons. The number of carbonyl (C=O) groups excluding carboxylic acids is 1. The maximum Gasteiger partial charge on any atom is 0.252 e. The standard InChI is InChI=1S/C16H21NO2/c1-4-13-14(15(18)11(2)3)17(16(13)19)10-12-8-6-5-7-9-12/h4-9,11,14-15,18H,10H2,1-3H3/b13-4-. The second-order valence-corrected chi connectivity index (χ2v) is 5.34. The Balaban J connectivity index is 2.17. The van der Waals surface area contributed by atoms with E-state index in [0.717, 1.165) is 11.1 Å². The number of benzene rings is 1. The van der Waals surface area contributed by atoms with Gasteiger partial charge in [-0.3, -0.25) is 4.79 Å². The number of β-lactam (4-membered cyclic amide) rings is 1. The van der Waals surface area contributed by atoms with Gasteiger partial charge in [-0.25, -0.2) is 0 Å². The Kier molecular flexibility index (Phi) is 4.05. The summed E-state index contributed by atoms with van der Waals surface area (Å²) >= 11 is 0. The van der Waals surface area contributed by atoms with Crippen molar-refractivity contribution in [2.75, 3.05) is 0 Å². The van der Waals surface area contributed by atoms with Crippen molar-refractivity contribution >= 4 is 5.91 Å². The first-order valence-corrected chi connectivity index (χ1v) is 6.75. The molecule has 2 atom stereocenters. The molecule has 1 aromatic carbocycles. The summed E-state index contributed by atoms with van der Waals surface area (Å²) in [5.74, 6) is 0.169. The van der Waals surface area contributed by atoms with Gasteiger partial charge >= 0.3 is 0 Å². The van der Waals surface area contributed by atoms with Crippen molar-refractivity contribution in [3.63, 3.8) is 0 Å². The fourth-order valence-corrected chi connectivity index (χ4v) is 2.50. The van der Waals surface area contributed by atoms with Crippen molar-refractivity contribution in [3.8, 4) is 0 Å². The van der Waals surface area contributed by atoms with Gasteiger partial charge in [-0.2, -0.15) is 0 Å². The summed E-state index contributed by atoms with van der Waals surface area (Å²) in [5.41, 5.74) is 1.82. The summed E-state index contributed by atoms with van der Waals surface area (Å²) in [6, 6.07) is 9.71. The highest BCUT2D eigenvalue weighted by Gasteiger charge is 2.46. The van der Waals surface area contributed by atoms with E-state index in [9.17, 15) is 9.90 Å². The van der Waals surface area contributed by atoms with Gasteiger partial charge in [0.2, 0.25) is 0 Å². The van der Waals surface area contributed by atoms with Gasteiger partial charge in [-0.15, -0.1) is 0 Å². The first-order chi connectivity index (χ1) is 9.06. The maximum atomic E-state index is 12.1. The molecule has 0 spiro atoms. The molecule has 1 saturated heterocycles. The van der Waals surface area contributed by atoms with Gasteiger partial charge in [0.1, 0.15) is 0 Å². The van der Waals surface area contributed by atoms with Crippen molar-refractivity contribution in [3.05, 3.63) is 47.5 Å². The van der Waals surface area contributed by atoms with Crippen LogP contribution >= 0.6 is 0 Å². The third-order valence-electron chi connectivity index (χ3n) is 3.68. The SMILES string of the molecule is C/C=C1\C(=O)N(Cc2ccccc2)C1C(O)C(C)C. The van der Waals surface area contributed by atoms with E-state index in [1.165, 1.54) is 0 Å². The van der Waals surface area contributed by atoms with E-state index in [-0.39, 0.29) is 17.9 Å². The molecule has 0 bridgehead atoms. The topological polar surface area (TPSA) is 40.5 Å². The molecular weight excluding hydrogens is 238 g/mol. The third kappa shape index (κ3) is 2.56. The van der Waals surface area contributed by atoms with Gasteiger partial charge < -0.3 is 10.0 Å². The molecule has 1 aromatic rings. The molecule has 1 N–H and O–H groups in total. The molecule has 19 heavy (non-hydrogen) atoms. The Hall–Kier alpha value is -1.61. The molecule has 0 saturated carbocycles. The van der Waals surface area contributed by atoms with Crippen LogP contribution in [0.5, 0.6) is 0 Å². The Labute approximate surface area is 114 Å². The summed E-state index contributed by atoms with van der Waals surface area (Å²) in [5, 5.41) is 10.3. The van der Waals surface area contributed by atoms with Gasteiger partial charge in [-0.05, 0) is 18.4 Å². The second kappa shape index (κ2) is 5.57. The molecule has 1 heterocycles. The van der Waals surface area contributed by atoms with Crippen LogP contribution in [0.2, 0.25) is 0 Å². The highest BCUT2D eigenvalue weighted by molar-refractivity contribution is 6.01.